The maximum absolute atomic E-state index is 11.7. The summed E-state index contributed by atoms with van der Waals surface area (Å²) in [6, 6.07) is 1.91. The first-order valence-electron chi connectivity index (χ1n) is 7.77. The molecule has 1 N–H and O–H groups in total. The van der Waals surface area contributed by atoms with Gasteiger partial charge in [-0.2, -0.15) is 5.10 Å². The molecule has 0 saturated heterocycles. The van der Waals surface area contributed by atoms with Crippen LogP contribution in [0.2, 0.25) is 0 Å². The fraction of sp³-hybridized carbons (Fsp3) is 0.600. The van der Waals surface area contributed by atoms with Crippen molar-refractivity contribution in [3.63, 3.8) is 0 Å². The number of rotatable bonds is 9. The monoisotopic (exact) mass is 321 g/mol. The number of carbonyl (C=O) groups is 1. The smallest absolute Gasteiger partial charge is 0.265 e. The fourth-order valence-electron chi connectivity index (χ4n) is 2.17. The third-order valence-corrected chi connectivity index (χ3v) is 3.30. The molecule has 0 radical (unpaired) electrons. The molecule has 2 rings (SSSR count). The Hall–Kier alpha value is -2.22. The number of nitrogens with zero attached hydrogens (tertiary/aromatic N) is 4. The zero-order chi connectivity index (χ0) is 16.7. The second kappa shape index (κ2) is 8.42. The molecular weight excluding hydrogens is 298 g/mol. The second-order valence-corrected chi connectivity index (χ2v) is 5.18. The van der Waals surface area contributed by atoms with Gasteiger partial charge in [0.05, 0.1) is 5.69 Å². The molecule has 1 amide bonds. The molecule has 0 bridgehead atoms. The summed E-state index contributed by atoms with van der Waals surface area (Å²) in [5.74, 6) is 0.854. The Morgan fingerprint density at radius 2 is 2.26 bits per heavy atom. The van der Waals surface area contributed by atoms with E-state index in [1.807, 2.05) is 24.6 Å². The number of nitrogens with one attached hydrogen (secondary N) is 1. The van der Waals surface area contributed by atoms with Gasteiger partial charge in [-0.15, -0.1) is 10.2 Å². The zero-order valence-corrected chi connectivity index (χ0v) is 13.8. The van der Waals surface area contributed by atoms with E-state index in [9.17, 15) is 4.79 Å². The Bertz CT molecular complexity index is 635. The molecule has 0 aliphatic heterocycles. The van der Waals surface area contributed by atoms with Gasteiger partial charge in [-0.1, -0.05) is 0 Å². The van der Waals surface area contributed by atoms with E-state index in [0.717, 1.165) is 24.4 Å². The lowest BCUT2D eigenvalue weighted by Gasteiger charge is -2.03. The Labute approximate surface area is 135 Å². The zero-order valence-electron chi connectivity index (χ0n) is 13.8. The molecule has 0 atom stereocenters. The molecule has 2 aromatic heterocycles. The molecule has 23 heavy (non-hydrogen) atoms. The standard InChI is InChI=1S/C15H23N5O3/c1-4-20-12(10-11(2)19-20)15-18-17-14(23-15)7-6-13(21)16-8-5-9-22-3/h10H,4-9H2,1-3H3,(H,16,21). The van der Waals surface area contributed by atoms with E-state index in [-0.39, 0.29) is 5.91 Å². The van der Waals surface area contributed by atoms with E-state index in [1.165, 1.54) is 0 Å². The average Bonchev–Trinajstić information content (AvgIpc) is 3.15. The van der Waals surface area contributed by atoms with E-state index < -0.39 is 0 Å². The first-order valence-corrected chi connectivity index (χ1v) is 7.77. The van der Waals surface area contributed by atoms with Gasteiger partial charge in [0.15, 0.2) is 0 Å². The number of aromatic nitrogens is 4. The number of carbonyl (C=O) groups excluding carboxylic acids is 1. The maximum Gasteiger partial charge on any atom is 0.265 e. The van der Waals surface area contributed by atoms with Gasteiger partial charge in [-0.05, 0) is 26.3 Å². The average molecular weight is 321 g/mol. The van der Waals surface area contributed by atoms with Crippen molar-refractivity contribution in [3.05, 3.63) is 17.7 Å². The van der Waals surface area contributed by atoms with E-state index in [0.29, 0.717) is 37.8 Å². The number of ether oxygens (including phenoxy) is 1. The topological polar surface area (TPSA) is 95.1 Å². The van der Waals surface area contributed by atoms with Crippen LogP contribution in [0.4, 0.5) is 0 Å². The number of hydrogen-bond acceptors (Lipinski definition) is 6. The predicted molar refractivity (Wildman–Crippen MR) is 83.8 cm³/mol. The predicted octanol–water partition coefficient (Wildman–Crippen LogP) is 1.35. The van der Waals surface area contributed by atoms with Gasteiger partial charge >= 0.3 is 0 Å². The molecule has 8 heteroatoms. The van der Waals surface area contributed by atoms with Crippen molar-refractivity contribution in [2.45, 2.75) is 39.7 Å². The molecule has 0 aliphatic carbocycles. The van der Waals surface area contributed by atoms with Crippen LogP contribution in [0.15, 0.2) is 10.5 Å². The van der Waals surface area contributed by atoms with Gasteiger partial charge in [0.25, 0.3) is 5.89 Å². The summed E-state index contributed by atoms with van der Waals surface area (Å²) in [6.07, 6.45) is 1.54. The van der Waals surface area contributed by atoms with Gasteiger partial charge in [-0.25, -0.2) is 0 Å². The summed E-state index contributed by atoms with van der Waals surface area (Å²) in [5, 5.41) is 15.2. The lowest BCUT2D eigenvalue weighted by molar-refractivity contribution is -0.121. The minimum Gasteiger partial charge on any atom is -0.419 e. The fourth-order valence-corrected chi connectivity index (χ4v) is 2.17. The van der Waals surface area contributed by atoms with Crippen LogP contribution in [0.3, 0.4) is 0 Å². The van der Waals surface area contributed by atoms with Crippen molar-refractivity contribution in [2.75, 3.05) is 20.3 Å². The highest BCUT2D eigenvalue weighted by Crippen LogP contribution is 2.19. The highest BCUT2D eigenvalue weighted by Gasteiger charge is 2.15. The van der Waals surface area contributed by atoms with E-state index >= 15 is 0 Å². The van der Waals surface area contributed by atoms with Gasteiger partial charge in [0, 0.05) is 39.6 Å². The van der Waals surface area contributed by atoms with Crippen LogP contribution >= 0.6 is 0 Å². The maximum atomic E-state index is 11.7. The quantitative estimate of drug-likeness (QED) is 0.700. The van der Waals surface area contributed by atoms with Crippen molar-refractivity contribution in [1.29, 1.82) is 0 Å². The number of methoxy groups -OCH3 is 1. The van der Waals surface area contributed by atoms with Gasteiger partial charge in [-0.3, -0.25) is 9.48 Å². The van der Waals surface area contributed by atoms with E-state index in [4.69, 9.17) is 9.15 Å². The summed E-state index contributed by atoms with van der Waals surface area (Å²) in [7, 11) is 1.64. The largest absolute Gasteiger partial charge is 0.419 e. The van der Waals surface area contributed by atoms with Crippen molar-refractivity contribution >= 4 is 5.91 Å². The minimum atomic E-state index is -0.0321. The summed E-state index contributed by atoms with van der Waals surface area (Å²) in [4.78, 5) is 11.7. The number of aryl methyl sites for hydroxylation is 3. The third kappa shape index (κ3) is 4.88. The normalized spacial score (nSPS) is 10.9. The Kier molecular flexibility index (Phi) is 6.28. The minimum absolute atomic E-state index is 0.0321. The molecule has 0 fully saturated rings. The lowest BCUT2D eigenvalue weighted by atomic mass is 10.3. The van der Waals surface area contributed by atoms with Gasteiger partial charge in [0.1, 0.15) is 5.69 Å². The SMILES string of the molecule is CCn1nc(C)cc1-c1nnc(CCC(=O)NCCCOC)o1. The Morgan fingerprint density at radius 1 is 1.43 bits per heavy atom. The molecule has 126 valence electrons. The van der Waals surface area contributed by atoms with Crippen molar-refractivity contribution in [3.8, 4) is 11.6 Å². The first-order chi connectivity index (χ1) is 11.1. The van der Waals surface area contributed by atoms with Crippen LogP contribution < -0.4 is 5.32 Å². The van der Waals surface area contributed by atoms with Gasteiger partial charge < -0.3 is 14.5 Å². The van der Waals surface area contributed by atoms with Crippen LogP contribution in [0.5, 0.6) is 0 Å². The molecule has 2 heterocycles. The molecule has 2 aromatic rings. The first kappa shape index (κ1) is 17.1. The number of hydrogen-bond donors (Lipinski definition) is 1. The highest BCUT2D eigenvalue weighted by atomic mass is 16.5. The summed E-state index contributed by atoms with van der Waals surface area (Å²) >= 11 is 0. The summed E-state index contributed by atoms with van der Waals surface area (Å²) < 4.78 is 12.4. The van der Waals surface area contributed by atoms with Gasteiger partial charge in [0.2, 0.25) is 11.8 Å². The lowest BCUT2D eigenvalue weighted by Crippen LogP contribution is -2.25. The second-order valence-electron chi connectivity index (χ2n) is 5.18. The van der Waals surface area contributed by atoms with Crippen LogP contribution in [-0.2, 0) is 22.5 Å². The van der Waals surface area contributed by atoms with Crippen LogP contribution in [-0.4, -0.2) is 46.1 Å². The molecule has 0 spiro atoms. The molecule has 8 nitrogen and oxygen atoms in total. The summed E-state index contributed by atoms with van der Waals surface area (Å²) in [6.45, 7) is 5.89. The molecule has 0 saturated carbocycles. The molecule has 0 aromatic carbocycles. The third-order valence-electron chi connectivity index (χ3n) is 3.30. The summed E-state index contributed by atoms with van der Waals surface area (Å²) in [5.41, 5.74) is 1.70. The van der Waals surface area contributed by atoms with Crippen LogP contribution in [0.25, 0.3) is 11.6 Å². The Morgan fingerprint density at radius 3 is 3.00 bits per heavy atom. The Balaban J connectivity index is 1.86. The van der Waals surface area contributed by atoms with Crippen LogP contribution in [0, 0.1) is 6.92 Å². The number of amides is 1. The van der Waals surface area contributed by atoms with Crippen molar-refractivity contribution < 1.29 is 13.9 Å². The van der Waals surface area contributed by atoms with E-state index in [2.05, 4.69) is 20.6 Å². The molecular formula is C15H23N5O3. The highest BCUT2D eigenvalue weighted by molar-refractivity contribution is 5.75. The molecule has 0 unspecified atom stereocenters. The van der Waals surface area contributed by atoms with Crippen LogP contribution in [0.1, 0.15) is 31.4 Å². The van der Waals surface area contributed by atoms with Crippen molar-refractivity contribution in [2.24, 2.45) is 0 Å². The van der Waals surface area contributed by atoms with Crippen molar-refractivity contribution in [1.82, 2.24) is 25.3 Å². The molecule has 0 aliphatic rings. The van der Waals surface area contributed by atoms with E-state index in [1.54, 1.807) is 7.11 Å².